The van der Waals surface area contributed by atoms with Crippen molar-refractivity contribution in [2.24, 2.45) is 5.73 Å². The topological polar surface area (TPSA) is 64.9 Å². The van der Waals surface area contributed by atoms with E-state index in [1.807, 2.05) is 20.1 Å². The highest BCUT2D eigenvalue weighted by atomic mass is 32.2. The minimum absolute atomic E-state index is 0.430. The molecule has 0 unspecified atom stereocenters. The zero-order valence-corrected chi connectivity index (χ0v) is 9.73. The number of nitrogens with zero attached hydrogens (tertiary/aromatic N) is 2. The van der Waals surface area contributed by atoms with Gasteiger partial charge in [-0.15, -0.1) is 0 Å². The Hall–Kier alpha value is -0.550. The molecule has 0 saturated carbocycles. The van der Waals surface area contributed by atoms with Crippen LogP contribution in [0.25, 0.3) is 0 Å². The Morgan fingerprint density at radius 1 is 1.43 bits per heavy atom. The van der Waals surface area contributed by atoms with Crippen LogP contribution in [0, 0.1) is 0 Å². The Balaban J connectivity index is 2.84. The summed E-state index contributed by atoms with van der Waals surface area (Å²) in [4.78, 5) is 4.29. The van der Waals surface area contributed by atoms with E-state index in [2.05, 4.69) is 10.1 Å². The maximum Gasteiger partial charge on any atom is 0.236 e. The lowest BCUT2D eigenvalue weighted by molar-refractivity contribution is 0.339. The summed E-state index contributed by atoms with van der Waals surface area (Å²) in [5.74, 6) is 2.03. The van der Waals surface area contributed by atoms with E-state index in [1.165, 1.54) is 0 Å². The fourth-order valence-corrected chi connectivity index (χ4v) is 1.57. The third-order valence-electron chi connectivity index (χ3n) is 2.44. The second-order valence-corrected chi connectivity index (χ2v) is 4.17. The van der Waals surface area contributed by atoms with Crippen LogP contribution in [0.1, 0.15) is 38.4 Å². The van der Waals surface area contributed by atoms with Gasteiger partial charge in [-0.3, -0.25) is 0 Å². The van der Waals surface area contributed by atoms with Gasteiger partial charge in [-0.1, -0.05) is 19.0 Å². The molecule has 0 aliphatic carbocycles. The molecule has 80 valence electrons. The summed E-state index contributed by atoms with van der Waals surface area (Å²) in [5.41, 5.74) is 5.71. The van der Waals surface area contributed by atoms with Crippen molar-refractivity contribution >= 4 is 11.8 Å². The number of aromatic nitrogens is 2. The second kappa shape index (κ2) is 4.79. The smallest absolute Gasteiger partial charge is 0.236 e. The van der Waals surface area contributed by atoms with Crippen LogP contribution in [0.15, 0.2) is 4.52 Å². The molecule has 2 N–H and O–H groups in total. The first-order valence-electron chi connectivity index (χ1n) is 4.77. The van der Waals surface area contributed by atoms with E-state index in [1.54, 1.807) is 11.8 Å². The van der Waals surface area contributed by atoms with Crippen LogP contribution in [-0.2, 0) is 11.3 Å². The van der Waals surface area contributed by atoms with E-state index in [4.69, 9.17) is 10.3 Å². The molecule has 0 spiro atoms. The minimum atomic E-state index is -0.430. The van der Waals surface area contributed by atoms with Gasteiger partial charge in [-0.2, -0.15) is 16.7 Å². The Kier molecular flexibility index (Phi) is 3.95. The minimum Gasteiger partial charge on any atom is -0.338 e. The first kappa shape index (κ1) is 11.5. The van der Waals surface area contributed by atoms with Crippen molar-refractivity contribution in [3.63, 3.8) is 0 Å². The van der Waals surface area contributed by atoms with Gasteiger partial charge in [0.2, 0.25) is 5.89 Å². The maximum absolute atomic E-state index is 6.14. The molecule has 1 aromatic rings. The van der Waals surface area contributed by atoms with E-state index in [-0.39, 0.29) is 0 Å². The molecule has 0 aromatic carbocycles. The molecule has 0 bridgehead atoms. The van der Waals surface area contributed by atoms with Gasteiger partial charge < -0.3 is 10.3 Å². The van der Waals surface area contributed by atoms with Gasteiger partial charge in [0, 0.05) is 0 Å². The van der Waals surface area contributed by atoms with Crippen LogP contribution < -0.4 is 5.73 Å². The summed E-state index contributed by atoms with van der Waals surface area (Å²) < 4.78 is 5.09. The zero-order chi connectivity index (χ0) is 10.6. The standard InChI is InChI=1S/C9H17N3OS/c1-4-9(10,5-2)8-11-7(6-14-3)13-12-8/h4-6,10H2,1-3H3. The molecule has 5 heteroatoms. The molecule has 0 fully saturated rings. The predicted molar refractivity (Wildman–Crippen MR) is 58.0 cm³/mol. The second-order valence-electron chi connectivity index (χ2n) is 3.31. The zero-order valence-electron chi connectivity index (χ0n) is 8.91. The lowest BCUT2D eigenvalue weighted by Gasteiger charge is -2.21. The Bertz CT molecular complexity index is 283. The Morgan fingerprint density at radius 3 is 2.57 bits per heavy atom. The van der Waals surface area contributed by atoms with Gasteiger partial charge in [-0.25, -0.2) is 0 Å². The van der Waals surface area contributed by atoms with Crippen molar-refractivity contribution < 1.29 is 4.52 Å². The summed E-state index contributed by atoms with van der Waals surface area (Å²) in [5, 5.41) is 3.92. The molecule has 1 heterocycles. The fourth-order valence-electron chi connectivity index (χ4n) is 1.21. The van der Waals surface area contributed by atoms with E-state index < -0.39 is 5.54 Å². The Morgan fingerprint density at radius 2 is 2.07 bits per heavy atom. The molecule has 0 atom stereocenters. The number of hydrogen-bond donors (Lipinski definition) is 1. The number of nitrogens with two attached hydrogens (primary N) is 1. The van der Waals surface area contributed by atoms with Gasteiger partial charge in [0.15, 0.2) is 5.82 Å². The van der Waals surface area contributed by atoms with Crippen LogP contribution in [-0.4, -0.2) is 16.4 Å². The van der Waals surface area contributed by atoms with Crippen molar-refractivity contribution in [2.75, 3.05) is 6.26 Å². The van der Waals surface area contributed by atoms with Crippen LogP contribution in [0.2, 0.25) is 0 Å². The number of rotatable bonds is 5. The van der Waals surface area contributed by atoms with Gasteiger partial charge >= 0.3 is 0 Å². The summed E-state index contributed by atoms with van der Waals surface area (Å²) in [6.45, 7) is 4.07. The summed E-state index contributed by atoms with van der Waals surface area (Å²) in [7, 11) is 0. The SMILES string of the molecule is CCC(N)(CC)c1noc(CSC)n1. The van der Waals surface area contributed by atoms with Crippen LogP contribution in [0.4, 0.5) is 0 Å². The van der Waals surface area contributed by atoms with Gasteiger partial charge in [0.05, 0.1) is 11.3 Å². The molecule has 1 aromatic heterocycles. The summed E-state index contributed by atoms with van der Waals surface area (Å²) in [6.07, 6.45) is 3.64. The van der Waals surface area contributed by atoms with Crippen molar-refractivity contribution in [1.29, 1.82) is 0 Å². The molecule has 0 radical (unpaired) electrons. The van der Waals surface area contributed by atoms with E-state index in [0.29, 0.717) is 11.7 Å². The molecule has 1 rings (SSSR count). The number of hydrogen-bond acceptors (Lipinski definition) is 5. The quantitative estimate of drug-likeness (QED) is 0.812. The molecule has 4 nitrogen and oxygen atoms in total. The highest BCUT2D eigenvalue weighted by molar-refractivity contribution is 7.97. The van der Waals surface area contributed by atoms with Gasteiger partial charge in [0.1, 0.15) is 0 Å². The average Bonchev–Trinajstić information content (AvgIpc) is 2.66. The third kappa shape index (κ3) is 2.27. The third-order valence-corrected chi connectivity index (χ3v) is 2.98. The fraction of sp³-hybridized carbons (Fsp3) is 0.778. The van der Waals surface area contributed by atoms with E-state index >= 15 is 0 Å². The normalized spacial score (nSPS) is 12.0. The molecule has 0 saturated heterocycles. The first-order valence-corrected chi connectivity index (χ1v) is 6.16. The first-order chi connectivity index (χ1) is 6.66. The van der Waals surface area contributed by atoms with Crippen molar-refractivity contribution in [2.45, 2.75) is 38.0 Å². The lowest BCUT2D eigenvalue weighted by Crippen LogP contribution is -2.36. The molecule has 14 heavy (non-hydrogen) atoms. The molecule has 0 aliphatic rings. The summed E-state index contributed by atoms with van der Waals surface area (Å²) in [6, 6.07) is 0. The summed E-state index contributed by atoms with van der Waals surface area (Å²) >= 11 is 1.66. The Labute approximate surface area is 88.6 Å². The lowest BCUT2D eigenvalue weighted by atomic mass is 9.94. The highest BCUT2D eigenvalue weighted by Gasteiger charge is 2.28. The highest BCUT2D eigenvalue weighted by Crippen LogP contribution is 2.23. The maximum atomic E-state index is 6.14. The van der Waals surface area contributed by atoms with Crippen molar-refractivity contribution in [1.82, 2.24) is 10.1 Å². The van der Waals surface area contributed by atoms with Crippen LogP contribution >= 0.6 is 11.8 Å². The van der Waals surface area contributed by atoms with Gasteiger partial charge in [-0.05, 0) is 19.1 Å². The van der Waals surface area contributed by atoms with Crippen molar-refractivity contribution in [3.05, 3.63) is 11.7 Å². The average molecular weight is 215 g/mol. The predicted octanol–water partition coefficient (Wildman–Crippen LogP) is 1.91. The van der Waals surface area contributed by atoms with E-state index in [0.717, 1.165) is 18.6 Å². The molecular formula is C9H17N3OS. The van der Waals surface area contributed by atoms with Gasteiger partial charge in [0.25, 0.3) is 0 Å². The number of thioether (sulfide) groups is 1. The largest absolute Gasteiger partial charge is 0.338 e. The van der Waals surface area contributed by atoms with E-state index in [9.17, 15) is 0 Å². The van der Waals surface area contributed by atoms with Crippen LogP contribution in [0.3, 0.4) is 0 Å². The van der Waals surface area contributed by atoms with Crippen molar-refractivity contribution in [3.8, 4) is 0 Å². The molecule has 0 aliphatic heterocycles. The monoisotopic (exact) mass is 215 g/mol. The van der Waals surface area contributed by atoms with Crippen LogP contribution in [0.5, 0.6) is 0 Å². The molecule has 0 amide bonds. The molecular weight excluding hydrogens is 198 g/mol.